The van der Waals surface area contributed by atoms with Crippen LogP contribution in [0.15, 0.2) is 42.9 Å². The monoisotopic (exact) mass is 302 g/mol. The molecule has 2 aromatic heterocycles. The van der Waals surface area contributed by atoms with E-state index in [1.807, 2.05) is 6.92 Å². The average Bonchev–Trinajstić information content (AvgIpc) is 3.10. The molecule has 7 heteroatoms. The van der Waals surface area contributed by atoms with Crippen molar-refractivity contribution in [2.45, 2.75) is 13.0 Å². The van der Waals surface area contributed by atoms with Gasteiger partial charge < -0.3 is 10.1 Å². The summed E-state index contributed by atoms with van der Waals surface area (Å²) in [4.78, 5) is 16.2. The van der Waals surface area contributed by atoms with Gasteiger partial charge in [0.15, 0.2) is 5.65 Å². The first-order valence-electron chi connectivity index (χ1n) is 6.84. The Bertz CT molecular complexity index is 778. The van der Waals surface area contributed by atoms with Gasteiger partial charge in [0.25, 0.3) is 5.91 Å². The SMILES string of the molecule is C[C@@H](CNC(=O)c1c[nH]n2ccnc12)Oc1ccc(F)cc1. The Morgan fingerprint density at radius 1 is 1.45 bits per heavy atom. The molecule has 0 saturated heterocycles. The second-order valence-corrected chi connectivity index (χ2v) is 4.90. The third-order valence-electron chi connectivity index (χ3n) is 3.18. The van der Waals surface area contributed by atoms with E-state index in [4.69, 9.17) is 4.74 Å². The largest absolute Gasteiger partial charge is 0.489 e. The number of aromatic nitrogens is 3. The number of imidazole rings is 1. The minimum atomic E-state index is -0.315. The quantitative estimate of drug-likeness (QED) is 0.757. The van der Waals surface area contributed by atoms with Crippen molar-refractivity contribution in [1.82, 2.24) is 19.9 Å². The molecule has 0 radical (unpaired) electrons. The number of carbonyl (C=O) groups excluding carboxylic acids is 1. The van der Waals surface area contributed by atoms with Crippen molar-refractivity contribution in [3.63, 3.8) is 0 Å². The first-order valence-corrected chi connectivity index (χ1v) is 6.84. The summed E-state index contributed by atoms with van der Waals surface area (Å²) >= 11 is 0. The number of benzene rings is 1. The van der Waals surface area contributed by atoms with Gasteiger partial charge in [0.05, 0.1) is 6.54 Å². The first kappa shape index (κ1) is 14.1. The molecule has 0 aliphatic rings. The topological polar surface area (TPSA) is 71.4 Å². The van der Waals surface area contributed by atoms with Gasteiger partial charge in [0, 0.05) is 18.6 Å². The van der Waals surface area contributed by atoms with Crippen LogP contribution in [0, 0.1) is 5.82 Å². The molecule has 114 valence electrons. The molecule has 1 atom stereocenters. The van der Waals surface area contributed by atoms with E-state index < -0.39 is 0 Å². The number of nitrogens with one attached hydrogen (secondary N) is 2. The van der Waals surface area contributed by atoms with Crippen LogP contribution in [0.25, 0.3) is 5.65 Å². The smallest absolute Gasteiger partial charge is 0.256 e. The van der Waals surface area contributed by atoms with Gasteiger partial charge in [-0.15, -0.1) is 0 Å². The maximum atomic E-state index is 12.8. The van der Waals surface area contributed by atoms with Crippen LogP contribution in [0.2, 0.25) is 0 Å². The van der Waals surface area contributed by atoms with Crippen LogP contribution in [0.5, 0.6) is 5.75 Å². The normalized spacial score (nSPS) is 12.3. The number of amides is 1. The molecule has 3 rings (SSSR count). The molecule has 0 unspecified atom stereocenters. The molecule has 0 aliphatic heterocycles. The highest BCUT2D eigenvalue weighted by Crippen LogP contribution is 2.13. The third kappa shape index (κ3) is 2.93. The standard InChI is InChI=1S/C15H15FN4O2/c1-10(22-12-4-2-11(16)3-5-12)8-18-15(21)13-9-19-20-7-6-17-14(13)20/h2-7,9-10,19H,8H2,1H3,(H,18,21)/t10-/m0/s1. The highest BCUT2D eigenvalue weighted by atomic mass is 19.1. The average molecular weight is 302 g/mol. The van der Waals surface area contributed by atoms with Crippen LogP contribution in [0.4, 0.5) is 4.39 Å². The van der Waals surface area contributed by atoms with Crippen LogP contribution in [-0.2, 0) is 0 Å². The van der Waals surface area contributed by atoms with E-state index in [0.717, 1.165) is 0 Å². The van der Waals surface area contributed by atoms with Crippen molar-refractivity contribution in [3.8, 4) is 5.75 Å². The van der Waals surface area contributed by atoms with Crippen LogP contribution >= 0.6 is 0 Å². The number of aromatic amines is 1. The molecule has 1 amide bonds. The number of halogens is 1. The zero-order valence-electron chi connectivity index (χ0n) is 11.9. The predicted molar refractivity (Wildman–Crippen MR) is 78.4 cm³/mol. The molecule has 0 spiro atoms. The number of carbonyl (C=O) groups is 1. The molecule has 1 aromatic carbocycles. The van der Waals surface area contributed by atoms with E-state index in [0.29, 0.717) is 23.5 Å². The Balaban J connectivity index is 1.56. The lowest BCUT2D eigenvalue weighted by Gasteiger charge is -2.15. The van der Waals surface area contributed by atoms with E-state index in [9.17, 15) is 9.18 Å². The Morgan fingerprint density at radius 2 is 2.23 bits per heavy atom. The van der Waals surface area contributed by atoms with Gasteiger partial charge in [-0.3, -0.25) is 9.89 Å². The van der Waals surface area contributed by atoms with Crippen molar-refractivity contribution in [2.24, 2.45) is 0 Å². The van der Waals surface area contributed by atoms with Gasteiger partial charge in [-0.05, 0) is 31.2 Å². The molecule has 0 aliphatic carbocycles. The maximum absolute atomic E-state index is 12.8. The Kier molecular flexibility index (Phi) is 3.78. The number of rotatable bonds is 5. The molecule has 6 nitrogen and oxygen atoms in total. The fraction of sp³-hybridized carbons (Fsp3) is 0.200. The summed E-state index contributed by atoms with van der Waals surface area (Å²) in [7, 11) is 0. The maximum Gasteiger partial charge on any atom is 0.256 e. The molecule has 0 bridgehead atoms. The summed E-state index contributed by atoms with van der Waals surface area (Å²) in [6, 6.07) is 5.76. The molecule has 2 N–H and O–H groups in total. The fourth-order valence-electron chi connectivity index (χ4n) is 2.09. The Labute approximate surface area is 125 Å². The highest BCUT2D eigenvalue weighted by Gasteiger charge is 2.14. The lowest BCUT2D eigenvalue weighted by atomic mass is 10.3. The van der Waals surface area contributed by atoms with Crippen molar-refractivity contribution in [1.29, 1.82) is 0 Å². The van der Waals surface area contributed by atoms with Gasteiger partial charge in [-0.1, -0.05) is 0 Å². The minimum Gasteiger partial charge on any atom is -0.489 e. The van der Waals surface area contributed by atoms with E-state index >= 15 is 0 Å². The molecular weight excluding hydrogens is 287 g/mol. The van der Waals surface area contributed by atoms with Crippen molar-refractivity contribution < 1.29 is 13.9 Å². The fourth-order valence-corrected chi connectivity index (χ4v) is 2.09. The summed E-state index contributed by atoms with van der Waals surface area (Å²) < 4.78 is 20.1. The Hall–Kier alpha value is -2.83. The summed E-state index contributed by atoms with van der Waals surface area (Å²) in [5.74, 6) is 0.0110. The third-order valence-corrected chi connectivity index (χ3v) is 3.18. The minimum absolute atomic E-state index is 0.230. The number of nitrogens with zero attached hydrogens (tertiary/aromatic N) is 2. The van der Waals surface area contributed by atoms with Gasteiger partial charge in [-0.2, -0.15) is 0 Å². The number of hydrogen-bond acceptors (Lipinski definition) is 3. The van der Waals surface area contributed by atoms with Crippen LogP contribution in [-0.4, -0.2) is 33.2 Å². The summed E-state index contributed by atoms with van der Waals surface area (Å²) in [6.45, 7) is 2.15. The first-order chi connectivity index (χ1) is 10.6. The van der Waals surface area contributed by atoms with E-state index in [2.05, 4.69) is 15.4 Å². The van der Waals surface area contributed by atoms with Gasteiger partial charge in [0.1, 0.15) is 23.2 Å². The Morgan fingerprint density at radius 3 is 3.00 bits per heavy atom. The number of hydrogen-bond donors (Lipinski definition) is 2. The number of H-pyrrole nitrogens is 1. The second-order valence-electron chi connectivity index (χ2n) is 4.90. The molecule has 22 heavy (non-hydrogen) atoms. The van der Waals surface area contributed by atoms with Gasteiger partial charge in [-0.25, -0.2) is 13.9 Å². The van der Waals surface area contributed by atoms with E-state index in [-0.39, 0.29) is 17.8 Å². The van der Waals surface area contributed by atoms with Gasteiger partial charge in [0.2, 0.25) is 0 Å². The molecule has 0 fully saturated rings. The highest BCUT2D eigenvalue weighted by molar-refractivity contribution is 5.99. The molecule has 2 heterocycles. The summed E-state index contributed by atoms with van der Waals surface area (Å²) in [6.07, 6.45) is 4.70. The number of fused-ring (bicyclic) bond motifs is 1. The summed E-state index contributed by atoms with van der Waals surface area (Å²) in [5.41, 5.74) is 1.04. The van der Waals surface area contributed by atoms with Gasteiger partial charge >= 0.3 is 0 Å². The second kappa shape index (κ2) is 5.88. The molecular formula is C15H15FN4O2. The summed E-state index contributed by atoms with van der Waals surface area (Å²) in [5, 5.41) is 5.70. The van der Waals surface area contributed by atoms with E-state index in [1.54, 1.807) is 35.2 Å². The predicted octanol–water partition coefficient (Wildman–Crippen LogP) is 2.00. The lowest BCUT2D eigenvalue weighted by Crippen LogP contribution is -2.33. The van der Waals surface area contributed by atoms with Crippen LogP contribution in [0.3, 0.4) is 0 Å². The van der Waals surface area contributed by atoms with Crippen LogP contribution < -0.4 is 10.1 Å². The molecule has 3 aromatic rings. The molecule has 0 saturated carbocycles. The van der Waals surface area contributed by atoms with Crippen LogP contribution in [0.1, 0.15) is 17.3 Å². The van der Waals surface area contributed by atoms with Crippen molar-refractivity contribution >= 4 is 11.6 Å². The number of ether oxygens (including phenoxy) is 1. The van der Waals surface area contributed by atoms with Crippen molar-refractivity contribution in [3.05, 3.63) is 54.2 Å². The zero-order chi connectivity index (χ0) is 15.5. The van der Waals surface area contributed by atoms with Crippen molar-refractivity contribution in [2.75, 3.05) is 6.54 Å². The lowest BCUT2D eigenvalue weighted by molar-refractivity contribution is 0.0933. The van der Waals surface area contributed by atoms with E-state index in [1.165, 1.54) is 12.1 Å². The zero-order valence-corrected chi connectivity index (χ0v) is 11.9.